The van der Waals surface area contributed by atoms with Crippen LogP contribution in [0.5, 0.6) is 5.75 Å². The fourth-order valence-corrected chi connectivity index (χ4v) is 1.86. The predicted octanol–water partition coefficient (Wildman–Crippen LogP) is 4.80. The molecule has 1 aromatic carbocycles. The van der Waals surface area contributed by atoms with Gasteiger partial charge in [0.2, 0.25) is 0 Å². The van der Waals surface area contributed by atoms with Crippen LogP contribution < -0.4 is 4.74 Å². The van der Waals surface area contributed by atoms with Gasteiger partial charge in [0, 0.05) is 0 Å². The summed E-state index contributed by atoms with van der Waals surface area (Å²) in [6.07, 6.45) is 2.20. The maximum absolute atomic E-state index is 6.34. The topological polar surface area (TPSA) is 9.23 Å². The molecule has 1 atom stereocenters. The number of hydrogen-bond acceptors (Lipinski definition) is 1. The van der Waals surface area contributed by atoms with Crippen LogP contribution in [0, 0.1) is 5.92 Å². The van der Waals surface area contributed by atoms with Crippen LogP contribution in [-0.4, -0.2) is 6.61 Å². The van der Waals surface area contributed by atoms with Crippen molar-refractivity contribution in [3.05, 3.63) is 29.8 Å². The summed E-state index contributed by atoms with van der Waals surface area (Å²) in [7, 11) is 0. The first-order valence-corrected chi connectivity index (χ1v) is 6.44. The average Bonchev–Trinajstić information content (AvgIpc) is 2.27. The summed E-state index contributed by atoms with van der Waals surface area (Å²) >= 11 is 6.34. The molecule has 0 aliphatic rings. The Hall–Kier alpha value is -0.690. The summed E-state index contributed by atoms with van der Waals surface area (Å²) in [5.74, 6) is 1.63. The molecule has 0 aliphatic heterocycles. The highest BCUT2D eigenvalue weighted by molar-refractivity contribution is 6.20. The Morgan fingerprint density at radius 2 is 1.75 bits per heavy atom. The highest BCUT2D eigenvalue weighted by Gasteiger charge is 2.08. The molecule has 1 aromatic rings. The molecular weight excluding hydrogens is 220 g/mol. The molecule has 0 heterocycles. The Morgan fingerprint density at radius 3 is 2.25 bits per heavy atom. The molecule has 1 nitrogen and oxygen atoms in total. The monoisotopic (exact) mass is 240 g/mol. The molecule has 0 aromatic heterocycles. The van der Waals surface area contributed by atoms with Gasteiger partial charge in [0.25, 0.3) is 0 Å². The number of alkyl halides is 1. The lowest BCUT2D eigenvalue weighted by Crippen LogP contribution is -1.96. The molecule has 0 saturated carbocycles. The van der Waals surface area contributed by atoms with Crippen molar-refractivity contribution in [2.45, 2.75) is 39.0 Å². The molecule has 2 heteroatoms. The van der Waals surface area contributed by atoms with Gasteiger partial charge in [-0.05, 0) is 43.4 Å². The van der Waals surface area contributed by atoms with Crippen LogP contribution in [0.3, 0.4) is 0 Å². The third kappa shape index (κ3) is 4.44. The second kappa shape index (κ2) is 6.80. The molecule has 0 aliphatic carbocycles. The van der Waals surface area contributed by atoms with E-state index in [-0.39, 0.29) is 5.38 Å². The Morgan fingerprint density at radius 1 is 1.12 bits per heavy atom. The van der Waals surface area contributed by atoms with Crippen molar-refractivity contribution in [3.63, 3.8) is 0 Å². The predicted molar refractivity (Wildman–Crippen MR) is 70.3 cm³/mol. The fraction of sp³-hybridized carbons (Fsp3) is 0.571. The van der Waals surface area contributed by atoms with Crippen LogP contribution >= 0.6 is 11.6 Å². The molecule has 0 fully saturated rings. The molecule has 0 spiro atoms. The summed E-state index contributed by atoms with van der Waals surface area (Å²) in [5, 5.41) is 0.123. The molecule has 1 rings (SSSR count). The highest BCUT2D eigenvalue weighted by atomic mass is 35.5. The first-order chi connectivity index (χ1) is 7.63. The summed E-state index contributed by atoms with van der Waals surface area (Å²) in [4.78, 5) is 0. The Balaban J connectivity index is 2.52. The Kier molecular flexibility index (Phi) is 5.68. The number of hydrogen-bond donors (Lipinski definition) is 0. The maximum Gasteiger partial charge on any atom is 0.119 e. The first-order valence-electron chi connectivity index (χ1n) is 6.00. The summed E-state index contributed by atoms with van der Waals surface area (Å²) < 4.78 is 5.40. The van der Waals surface area contributed by atoms with Gasteiger partial charge in [-0.25, -0.2) is 0 Å². The third-order valence-corrected chi connectivity index (χ3v) is 3.02. The van der Waals surface area contributed by atoms with Crippen molar-refractivity contribution in [3.8, 4) is 5.75 Å². The molecule has 0 amide bonds. The Bertz CT molecular complexity index is 292. The van der Waals surface area contributed by atoms with Crippen molar-refractivity contribution in [1.82, 2.24) is 0 Å². The first kappa shape index (κ1) is 13.4. The molecule has 1 unspecified atom stereocenters. The molecule has 0 N–H and O–H groups in total. The number of halogens is 1. The summed E-state index contributed by atoms with van der Waals surface area (Å²) in [6.45, 7) is 7.14. The van der Waals surface area contributed by atoms with E-state index in [0.717, 1.165) is 12.2 Å². The maximum atomic E-state index is 6.34. The van der Waals surface area contributed by atoms with Gasteiger partial charge < -0.3 is 4.74 Å². The molecule has 16 heavy (non-hydrogen) atoms. The van der Waals surface area contributed by atoms with Crippen molar-refractivity contribution < 1.29 is 4.74 Å². The number of ether oxygens (including phenoxy) is 1. The van der Waals surface area contributed by atoms with Gasteiger partial charge in [0.1, 0.15) is 5.75 Å². The second-order valence-electron chi connectivity index (χ2n) is 4.44. The van der Waals surface area contributed by atoms with Crippen LogP contribution in [-0.2, 0) is 0 Å². The SMILES string of the molecule is CCOc1ccc(C(Cl)CCC(C)C)cc1. The van der Waals surface area contributed by atoms with E-state index >= 15 is 0 Å². The van der Waals surface area contributed by atoms with Gasteiger partial charge in [-0.1, -0.05) is 26.0 Å². The minimum absolute atomic E-state index is 0.123. The normalized spacial score (nSPS) is 12.8. The minimum atomic E-state index is 0.123. The molecule has 0 radical (unpaired) electrons. The van der Waals surface area contributed by atoms with Gasteiger partial charge in [0.15, 0.2) is 0 Å². The van der Waals surface area contributed by atoms with Crippen molar-refractivity contribution in [1.29, 1.82) is 0 Å². The van der Waals surface area contributed by atoms with Gasteiger partial charge >= 0.3 is 0 Å². The van der Waals surface area contributed by atoms with Crippen LogP contribution in [0.2, 0.25) is 0 Å². The molecule has 0 bridgehead atoms. The van der Waals surface area contributed by atoms with Crippen molar-refractivity contribution >= 4 is 11.6 Å². The van der Waals surface area contributed by atoms with Crippen LogP contribution in [0.1, 0.15) is 44.6 Å². The number of rotatable bonds is 6. The lowest BCUT2D eigenvalue weighted by molar-refractivity contribution is 0.340. The van der Waals surface area contributed by atoms with E-state index in [2.05, 4.69) is 26.0 Å². The zero-order valence-electron chi connectivity index (χ0n) is 10.4. The van der Waals surface area contributed by atoms with Gasteiger partial charge in [-0.3, -0.25) is 0 Å². The molecule has 0 saturated heterocycles. The standard InChI is InChI=1S/C14H21ClO/c1-4-16-13-8-6-12(7-9-13)14(15)10-5-11(2)3/h6-9,11,14H,4-5,10H2,1-3H3. The quantitative estimate of drug-likeness (QED) is 0.649. The third-order valence-electron chi connectivity index (χ3n) is 2.55. The molecule has 90 valence electrons. The summed E-state index contributed by atoms with van der Waals surface area (Å²) in [5.41, 5.74) is 1.19. The fourth-order valence-electron chi connectivity index (χ4n) is 1.59. The second-order valence-corrected chi connectivity index (χ2v) is 4.97. The Labute approximate surface area is 104 Å². The van der Waals surface area contributed by atoms with Gasteiger partial charge in [-0.2, -0.15) is 0 Å². The van der Waals surface area contributed by atoms with Crippen LogP contribution in [0.15, 0.2) is 24.3 Å². The van der Waals surface area contributed by atoms with Crippen molar-refractivity contribution in [2.75, 3.05) is 6.61 Å². The van der Waals surface area contributed by atoms with E-state index in [1.54, 1.807) is 0 Å². The van der Waals surface area contributed by atoms with E-state index in [0.29, 0.717) is 12.5 Å². The largest absolute Gasteiger partial charge is 0.494 e. The minimum Gasteiger partial charge on any atom is -0.494 e. The zero-order chi connectivity index (χ0) is 12.0. The van der Waals surface area contributed by atoms with Gasteiger partial charge in [-0.15, -0.1) is 11.6 Å². The lowest BCUT2D eigenvalue weighted by atomic mass is 10.0. The smallest absolute Gasteiger partial charge is 0.119 e. The lowest BCUT2D eigenvalue weighted by Gasteiger charge is -2.12. The number of benzene rings is 1. The van der Waals surface area contributed by atoms with Gasteiger partial charge in [0.05, 0.1) is 12.0 Å². The average molecular weight is 241 g/mol. The van der Waals surface area contributed by atoms with Crippen LogP contribution in [0.4, 0.5) is 0 Å². The summed E-state index contributed by atoms with van der Waals surface area (Å²) in [6, 6.07) is 8.10. The van der Waals surface area contributed by atoms with E-state index in [1.165, 1.54) is 12.0 Å². The van der Waals surface area contributed by atoms with Crippen LogP contribution in [0.25, 0.3) is 0 Å². The van der Waals surface area contributed by atoms with E-state index in [1.807, 2.05) is 19.1 Å². The van der Waals surface area contributed by atoms with Crippen molar-refractivity contribution in [2.24, 2.45) is 5.92 Å². The van der Waals surface area contributed by atoms with E-state index in [9.17, 15) is 0 Å². The zero-order valence-corrected chi connectivity index (χ0v) is 11.1. The van der Waals surface area contributed by atoms with E-state index < -0.39 is 0 Å². The van der Waals surface area contributed by atoms with E-state index in [4.69, 9.17) is 16.3 Å². The highest BCUT2D eigenvalue weighted by Crippen LogP contribution is 2.28. The molecular formula is C14H21ClO.